The highest BCUT2D eigenvalue weighted by Gasteiger charge is 2.30. The van der Waals surface area contributed by atoms with E-state index in [0.717, 1.165) is 0 Å². The number of halogens is 3. The van der Waals surface area contributed by atoms with Gasteiger partial charge in [-0.1, -0.05) is 41.4 Å². The molecule has 7 nitrogen and oxygen atoms in total. The van der Waals surface area contributed by atoms with Gasteiger partial charge in [0.15, 0.2) is 5.13 Å². The summed E-state index contributed by atoms with van der Waals surface area (Å²) < 4.78 is 53.9. The highest BCUT2D eigenvalue weighted by molar-refractivity contribution is 7.93. The van der Waals surface area contributed by atoms with E-state index in [0.29, 0.717) is 28.3 Å². The Labute approximate surface area is 234 Å². The molecule has 0 saturated heterocycles. The molecule has 1 N–H and O–H groups in total. The molecule has 38 heavy (non-hydrogen) atoms. The van der Waals surface area contributed by atoms with E-state index < -0.39 is 16.1 Å². The Bertz CT molecular complexity index is 1510. The molecule has 0 aliphatic carbocycles. The predicted molar refractivity (Wildman–Crippen MR) is 150 cm³/mol. The van der Waals surface area contributed by atoms with Crippen LogP contribution in [0.2, 0.25) is 10.0 Å². The van der Waals surface area contributed by atoms with Crippen LogP contribution in [0.15, 0.2) is 71.1 Å². The molecule has 0 bridgehead atoms. The largest absolute Gasteiger partial charge is 0.497 e. The van der Waals surface area contributed by atoms with Crippen LogP contribution in [0.1, 0.15) is 24.1 Å². The second-order valence-corrected chi connectivity index (χ2v) is 11.7. The van der Waals surface area contributed by atoms with Crippen molar-refractivity contribution in [3.63, 3.8) is 0 Å². The molecule has 4 rings (SSSR count). The first-order valence-corrected chi connectivity index (χ1v) is 14.4. The normalized spacial score (nSPS) is 12.2. The number of nitrogens with zero attached hydrogens (tertiary/aromatic N) is 2. The Kier molecular flexibility index (Phi) is 8.67. The van der Waals surface area contributed by atoms with Crippen molar-refractivity contribution < 1.29 is 22.3 Å². The number of hydrogen-bond acceptors (Lipinski definition) is 7. The van der Waals surface area contributed by atoms with Crippen LogP contribution in [0, 0.1) is 5.82 Å². The van der Waals surface area contributed by atoms with Crippen molar-refractivity contribution in [2.24, 2.45) is 0 Å². The molecule has 0 unspecified atom stereocenters. The minimum atomic E-state index is -4.17. The summed E-state index contributed by atoms with van der Waals surface area (Å²) in [5.74, 6) is 0.645. The number of nitrogens with one attached hydrogen (secondary N) is 1. The summed E-state index contributed by atoms with van der Waals surface area (Å²) in [7, 11) is -1.15. The van der Waals surface area contributed by atoms with Crippen LogP contribution in [0.4, 0.5) is 15.2 Å². The highest BCUT2D eigenvalue weighted by atomic mass is 35.5. The zero-order chi connectivity index (χ0) is 27.4. The lowest BCUT2D eigenvalue weighted by atomic mass is 10.1. The molecular weight excluding hydrogens is 572 g/mol. The molecule has 4 aromatic rings. The lowest BCUT2D eigenvalue weighted by molar-refractivity contribution is 0.391. The zero-order valence-electron chi connectivity index (χ0n) is 20.6. The lowest BCUT2D eigenvalue weighted by Gasteiger charge is -2.24. The van der Waals surface area contributed by atoms with Crippen LogP contribution in [0.3, 0.4) is 0 Å². The molecule has 0 amide bonds. The zero-order valence-corrected chi connectivity index (χ0v) is 23.8. The molecular formula is C26H24Cl2FN3O4S2. The van der Waals surface area contributed by atoms with Crippen molar-refractivity contribution >= 4 is 55.4 Å². The molecule has 0 saturated carbocycles. The van der Waals surface area contributed by atoms with Gasteiger partial charge < -0.3 is 14.8 Å². The summed E-state index contributed by atoms with van der Waals surface area (Å²) in [5, 5.41) is 5.16. The monoisotopic (exact) mass is 595 g/mol. The Balaban J connectivity index is 1.70. The van der Waals surface area contributed by atoms with Crippen molar-refractivity contribution in [2.45, 2.75) is 24.4 Å². The van der Waals surface area contributed by atoms with Crippen LogP contribution in [0.5, 0.6) is 11.5 Å². The van der Waals surface area contributed by atoms with E-state index >= 15 is 0 Å². The van der Waals surface area contributed by atoms with E-state index in [2.05, 4.69) is 10.3 Å². The number of benzene rings is 3. The van der Waals surface area contributed by atoms with E-state index in [4.69, 9.17) is 32.7 Å². The van der Waals surface area contributed by atoms with Gasteiger partial charge in [-0.05, 0) is 37.3 Å². The van der Waals surface area contributed by atoms with Crippen molar-refractivity contribution in [3.05, 3.63) is 93.2 Å². The van der Waals surface area contributed by atoms with Gasteiger partial charge in [0, 0.05) is 28.8 Å². The Hall–Kier alpha value is -3.05. The molecule has 0 spiro atoms. The van der Waals surface area contributed by atoms with Crippen molar-refractivity contribution in [1.82, 2.24) is 4.98 Å². The molecule has 3 aromatic carbocycles. The Morgan fingerprint density at radius 3 is 2.39 bits per heavy atom. The third-order valence-corrected chi connectivity index (χ3v) is 9.00. The maximum absolute atomic E-state index is 14.3. The highest BCUT2D eigenvalue weighted by Crippen LogP contribution is 2.38. The summed E-state index contributed by atoms with van der Waals surface area (Å²) in [5.41, 5.74) is 1.31. The molecule has 0 aliphatic heterocycles. The number of sulfonamides is 1. The number of aromatic nitrogens is 1. The van der Waals surface area contributed by atoms with Gasteiger partial charge in [-0.15, -0.1) is 11.3 Å². The Morgan fingerprint density at radius 2 is 1.79 bits per heavy atom. The molecule has 0 radical (unpaired) electrons. The summed E-state index contributed by atoms with van der Waals surface area (Å²) in [6.45, 7) is 1.69. The van der Waals surface area contributed by atoms with Crippen molar-refractivity contribution in [1.29, 1.82) is 0 Å². The van der Waals surface area contributed by atoms with Gasteiger partial charge in [0.05, 0.1) is 47.4 Å². The van der Waals surface area contributed by atoms with Gasteiger partial charge in [0.2, 0.25) is 0 Å². The number of hydrogen-bond donors (Lipinski definition) is 1. The first-order chi connectivity index (χ1) is 18.1. The number of thiazole rings is 1. The van der Waals surface area contributed by atoms with E-state index in [-0.39, 0.29) is 32.4 Å². The summed E-state index contributed by atoms with van der Waals surface area (Å²) in [6.07, 6.45) is 1.52. The van der Waals surface area contributed by atoms with Gasteiger partial charge in [-0.2, -0.15) is 0 Å². The fourth-order valence-electron chi connectivity index (χ4n) is 3.82. The number of methoxy groups -OCH3 is 2. The number of ether oxygens (including phenoxy) is 2. The van der Waals surface area contributed by atoms with E-state index in [9.17, 15) is 12.8 Å². The fourth-order valence-corrected chi connectivity index (χ4v) is 6.86. The van der Waals surface area contributed by atoms with E-state index in [1.54, 1.807) is 48.7 Å². The average Bonchev–Trinajstić information content (AvgIpc) is 3.43. The summed E-state index contributed by atoms with van der Waals surface area (Å²) >= 11 is 14.2. The van der Waals surface area contributed by atoms with Crippen molar-refractivity contribution in [3.8, 4) is 11.5 Å². The van der Waals surface area contributed by atoms with Gasteiger partial charge in [-0.25, -0.2) is 22.1 Å². The second kappa shape index (κ2) is 11.8. The Morgan fingerprint density at radius 1 is 1.08 bits per heavy atom. The smallest absolute Gasteiger partial charge is 0.266 e. The number of anilines is 2. The quantitative estimate of drug-likeness (QED) is 0.209. The van der Waals surface area contributed by atoms with Crippen LogP contribution >= 0.6 is 34.5 Å². The topological polar surface area (TPSA) is 80.8 Å². The maximum Gasteiger partial charge on any atom is 0.266 e. The number of rotatable bonds is 10. The minimum Gasteiger partial charge on any atom is -0.497 e. The standard InChI is InChI=1S/C26H24Cl2FN3O4S2/c1-16(20-6-4-5-7-23(20)29)31-25-21(27)13-19(14-22(25)28)38(33,34)32(26-30-10-11-37-26)15-17-8-9-18(35-2)12-24(17)36-3/h4-14,16,31H,15H2,1-3H3/t16-/m0/s1. The van der Waals surface area contributed by atoms with E-state index in [1.165, 1.54) is 54.3 Å². The minimum absolute atomic E-state index is 0.0669. The third kappa shape index (κ3) is 5.83. The summed E-state index contributed by atoms with van der Waals surface area (Å²) in [4.78, 5) is 4.10. The molecule has 0 fully saturated rings. The molecule has 12 heteroatoms. The fraction of sp³-hybridized carbons (Fsp3) is 0.192. The van der Waals surface area contributed by atoms with Crippen LogP contribution in [-0.2, 0) is 16.6 Å². The SMILES string of the molecule is COc1ccc(CN(c2nccs2)S(=O)(=O)c2cc(Cl)c(N[C@@H](C)c3ccccc3F)c(Cl)c2)c(OC)c1. The van der Waals surface area contributed by atoms with Gasteiger partial charge in [-0.3, -0.25) is 0 Å². The van der Waals surface area contributed by atoms with E-state index in [1.807, 2.05) is 0 Å². The average molecular weight is 597 g/mol. The predicted octanol–water partition coefficient (Wildman–Crippen LogP) is 7.17. The van der Waals surface area contributed by atoms with Crippen LogP contribution < -0.4 is 19.1 Å². The molecule has 1 atom stereocenters. The van der Waals surface area contributed by atoms with Crippen LogP contribution in [-0.4, -0.2) is 27.6 Å². The van der Waals surface area contributed by atoms with Crippen LogP contribution in [0.25, 0.3) is 0 Å². The third-order valence-electron chi connectivity index (χ3n) is 5.78. The first-order valence-electron chi connectivity index (χ1n) is 11.3. The van der Waals surface area contributed by atoms with Gasteiger partial charge in [0.25, 0.3) is 10.0 Å². The molecule has 1 aromatic heterocycles. The maximum atomic E-state index is 14.3. The van der Waals surface area contributed by atoms with Gasteiger partial charge in [0.1, 0.15) is 17.3 Å². The first kappa shape index (κ1) is 28.0. The lowest BCUT2D eigenvalue weighted by Crippen LogP contribution is -2.30. The van der Waals surface area contributed by atoms with Crippen molar-refractivity contribution in [2.75, 3.05) is 23.8 Å². The second-order valence-electron chi connectivity index (χ2n) is 8.15. The van der Waals surface area contributed by atoms with Gasteiger partial charge >= 0.3 is 0 Å². The molecule has 200 valence electrons. The summed E-state index contributed by atoms with van der Waals surface area (Å²) in [6, 6.07) is 13.6. The molecule has 0 aliphatic rings. The molecule has 1 heterocycles.